The number of carbonyl (C=O) groups excluding carboxylic acids is 12. The topological polar surface area (TPSA) is 262 Å². The lowest BCUT2D eigenvalue weighted by atomic mass is 9.85. The molecule has 25 heteroatoms. The van der Waals surface area contributed by atoms with E-state index in [9.17, 15) is 97.8 Å². The highest BCUT2D eigenvalue weighted by atomic mass is 19.3. The van der Waals surface area contributed by atoms with Crippen LogP contribution in [0.25, 0.3) is 0 Å². The number of allylic oxidation sites excluding steroid dienone is 4. The van der Waals surface area contributed by atoms with Crippen LogP contribution in [0.2, 0.25) is 0 Å². The largest absolute Gasteiger partial charge is 0.463 e. The number of Topliss-reactive ketones (excluding diaryl/α,β-unsaturated/α-hetero) is 6. The molecule has 2 fully saturated rings. The van der Waals surface area contributed by atoms with Crippen LogP contribution in [0.1, 0.15) is 425 Å². The molecule has 0 radical (unpaired) electrons. The second-order valence-electron chi connectivity index (χ2n) is 35.4. The maximum atomic E-state index is 14.0. The molecule has 0 unspecified atom stereocenters. The van der Waals surface area contributed by atoms with Crippen molar-refractivity contribution in [2.75, 3.05) is 0 Å². The third kappa shape index (κ3) is 52.9. The molecule has 0 aromatic heterocycles. The van der Waals surface area contributed by atoms with E-state index in [4.69, 9.17) is 18.9 Å². The van der Waals surface area contributed by atoms with Gasteiger partial charge in [0.05, 0.1) is 30.5 Å². The second kappa shape index (κ2) is 66.5. The number of esters is 4. The summed E-state index contributed by atoms with van der Waals surface area (Å²) in [6.45, 7) is 22.3. The highest BCUT2D eigenvalue weighted by Crippen LogP contribution is 2.41. The molecule has 0 spiro atoms. The number of ether oxygens (including phenoxy) is 4. The second-order valence-corrected chi connectivity index (χ2v) is 35.4. The van der Waals surface area contributed by atoms with Crippen molar-refractivity contribution in [3.05, 3.63) is 24.3 Å². The fourth-order valence-electron chi connectivity index (χ4n) is 16.3. The predicted octanol–water partition coefficient (Wildman–Crippen LogP) is 25.6. The molecule has 0 aromatic carbocycles. The zero-order valence-electron chi connectivity index (χ0n) is 75.9. The van der Waals surface area contributed by atoms with Crippen molar-refractivity contribution in [3.63, 3.8) is 0 Å². The van der Waals surface area contributed by atoms with Crippen molar-refractivity contribution in [1.82, 2.24) is 0 Å². The minimum Gasteiger partial charge on any atom is -0.463 e. The quantitative estimate of drug-likeness (QED) is 0.0257. The van der Waals surface area contributed by atoms with Gasteiger partial charge in [0.2, 0.25) is 23.1 Å². The Kier molecular flexibility index (Phi) is 64.4. The van der Waals surface area contributed by atoms with E-state index in [-0.39, 0.29) is 185 Å². The Morgan fingerprint density at radius 2 is 0.610 bits per heavy atom. The van der Waals surface area contributed by atoms with Crippen LogP contribution >= 0.6 is 0 Å². The Labute approximate surface area is 734 Å². The minimum atomic E-state index is -3.32. The summed E-state index contributed by atoms with van der Waals surface area (Å²) in [5.41, 5.74) is 0. The molecule has 0 saturated heterocycles. The van der Waals surface area contributed by atoms with Crippen LogP contribution in [-0.2, 0) is 76.5 Å². The SMILES string of the molecule is C.C.CCCCCC(F)(F)C(=O)CC[C@H]1C=CC(=O)[C@@H]1CCCCCCC(=O)OC(C)C.CCCCCC(F)(F)C(=O)CC[C@H]1C=CC(=O)[C@@H]1CCCCCCC(=O)OC(C)C.CCCCCC(F)(F)C(=O)CC[C@H]1CCC(=O)[C@@H]1CCCCCCC(=O)OC(C)C.CCCCCC(F)(F)C(=O)CC[C@H]1[C@H](O)CC(=O)[C@@H]1CCCCCCC(=O)OC(C)C. The van der Waals surface area contributed by atoms with Crippen molar-refractivity contribution in [2.45, 2.75) is 480 Å². The van der Waals surface area contributed by atoms with Gasteiger partial charge in [-0.15, -0.1) is 0 Å². The average Bonchev–Trinajstić information content (AvgIpc) is 1.68. The molecule has 0 aromatic rings. The van der Waals surface area contributed by atoms with E-state index in [2.05, 4.69) is 0 Å². The number of carbonyl (C=O) groups is 12. The van der Waals surface area contributed by atoms with Gasteiger partial charge >= 0.3 is 47.6 Å². The normalized spacial score (nSPS) is 19.4. The summed E-state index contributed by atoms with van der Waals surface area (Å²) in [6.07, 6.45) is 30.6. The maximum absolute atomic E-state index is 14.0. The van der Waals surface area contributed by atoms with Gasteiger partial charge in [-0.25, -0.2) is 0 Å². The standard InChI is InChI=1S/C24H40F2O5.C24H40F2O4.2C24H38F2O4.2CH4/c1-4-5-10-15-24(25,26)22(29)14-13-19-18(20(27)16-21(19)28)11-8-6-7-9-12-23(30)31-17(2)3;3*1-4-5-10-17-24(25,26)22(28)16-14-19-13-15-21(27)20(19)11-8-6-7-9-12-23(29)30-18(2)3;;/h17-19,21,28H,4-16H2,1-3H3;18-20H,4-17H2,1-3H3;2*13,15,18-20H,4-12,14,16-17H2,1-3H3;2*1H4/t18-,19-,21-;3*19-,20-;;/m1111../s1. The van der Waals surface area contributed by atoms with Gasteiger partial charge in [0.15, 0.2) is 11.6 Å². The molecule has 1 N–H and O–H groups in total. The highest BCUT2D eigenvalue weighted by molar-refractivity contribution is 5.95. The first-order chi connectivity index (χ1) is 57.1. The molecule has 123 heavy (non-hydrogen) atoms. The molecular formula is C98H164F8O17. The van der Waals surface area contributed by atoms with Gasteiger partial charge in [0.1, 0.15) is 11.6 Å². The lowest BCUT2D eigenvalue weighted by Crippen LogP contribution is -2.30. The maximum Gasteiger partial charge on any atom is 0.306 e. The number of alkyl halides is 8. The predicted molar refractivity (Wildman–Crippen MR) is 469 cm³/mol. The minimum absolute atomic E-state index is 0. The molecule has 0 bridgehead atoms. The number of hydrogen-bond donors (Lipinski definition) is 1. The number of aliphatic hydroxyl groups excluding tert-OH is 1. The first-order valence-electron chi connectivity index (χ1n) is 46.7. The van der Waals surface area contributed by atoms with E-state index in [0.717, 1.165) is 135 Å². The van der Waals surface area contributed by atoms with Crippen LogP contribution in [0.3, 0.4) is 0 Å². The highest BCUT2D eigenvalue weighted by Gasteiger charge is 2.45. The third-order valence-electron chi connectivity index (χ3n) is 23.3. The molecule has 714 valence electrons. The van der Waals surface area contributed by atoms with Gasteiger partial charge in [-0.3, -0.25) is 57.5 Å². The molecular weight excluding hydrogens is 1600 g/mol. The number of hydrogen-bond acceptors (Lipinski definition) is 17. The van der Waals surface area contributed by atoms with Crippen LogP contribution in [0, 0.1) is 47.3 Å². The van der Waals surface area contributed by atoms with E-state index in [1.165, 1.54) is 12.2 Å². The Morgan fingerprint density at radius 1 is 0.341 bits per heavy atom. The first kappa shape index (κ1) is 119. The summed E-state index contributed by atoms with van der Waals surface area (Å²) in [5, 5.41) is 10.2. The molecule has 4 aliphatic rings. The number of ketones is 8. The van der Waals surface area contributed by atoms with Gasteiger partial charge in [0.25, 0.3) is 0 Å². The van der Waals surface area contributed by atoms with E-state index >= 15 is 0 Å². The summed E-state index contributed by atoms with van der Waals surface area (Å²) in [4.78, 5) is 143. The first-order valence-corrected chi connectivity index (χ1v) is 46.7. The Morgan fingerprint density at radius 3 is 0.902 bits per heavy atom. The van der Waals surface area contributed by atoms with Gasteiger partial charge in [-0.1, -0.05) is 183 Å². The Balaban J connectivity index is 0. The summed E-state index contributed by atoms with van der Waals surface area (Å²) in [5.74, 6) is -19.2. The molecule has 4 aliphatic carbocycles. The Hall–Kier alpha value is -5.88. The Bertz CT molecular complexity index is 2940. The van der Waals surface area contributed by atoms with E-state index in [1.54, 1.807) is 12.2 Å². The molecule has 0 heterocycles. The van der Waals surface area contributed by atoms with Crippen molar-refractivity contribution in [1.29, 1.82) is 0 Å². The van der Waals surface area contributed by atoms with Gasteiger partial charge < -0.3 is 24.1 Å². The monoisotopic (exact) mass is 1770 g/mol. The van der Waals surface area contributed by atoms with Crippen molar-refractivity contribution in [3.8, 4) is 0 Å². The van der Waals surface area contributed by atoms with Crippen LogP contribution in [-0.4, -0.2) is 129 Å². The lowest BCUT2D eigenvalue weighted by Gasteiger charge is -2.22. The van der Waals surface area contributed by atoms with E-state index in [0.29, 0.717) is 128 Å². The number of halogens is 8. The van der Waals surface area contributed by atoms with Crippen molar-refractivity contribution in [2.24, 2.45) is 47.3 Å². The average molecular weight is 1770 g/mol. The zero-order chi connectivity index (χ0) is 91.2. The van der Waals surface area contributed by atoms with Crippen LogP contribution in [0.5, 0.6) is 0 Å². The number of aliphatic hydroxyl groups is 1. The fourth-order valence-corrected chi connectivity index (χ4v) is 16.3. The summed E-state index contributed by atoms with van der Waals surface area (Å²) < 4.78 is 132. The molecule has 17 nitrogen and oxygen atoms in total. The summed E-state index contributed by atoms with van der Waals surface area (Å²) in [6, 6.07) is 0. The summed E-state index contributed by atoms with van der Waals surface area (Å²) in [7, 11) is 0. The van der Waals surface area contributed by atoms with Gasteiger partial charge in [-0.05, 0) is 200 Å². The molecule has 0 amide bonds. The smallest absolute Gasteiger partial charge is 0.306 e. The molecule has 9 atom stereocenters. The van der Waals surface area contributed by atoms with Gasteiger partial charge in [0, 0.05) is 114 Å². The van der Waals surface area contributed by atoms with Crippen molar-refractivity contribution < 1.29 is 117 Å². The van der Waals surface area contributed by atoms with E-state index in [1.807, 2.05) is 83.1 Å². The molecule has 0 aliphatic heterocycles. The van der Waals surface area contributed by atoms with Crippen molar-refractivity contribution >= 4 is 70.1 Å². The van der Waals surface area contributed by atoms with Gasteiger partial charge in [-0.2, -0.15) is 35.1 Å². The fraction of sp³-hybridized carbons (Fsp3) is 0.837. The lowest BCUT2D eigenvalue weighted by molar-refractivity contribution is -0.148. The molecule has 2 saturated carbocycles. The van der Waals surface area contributed by atoms with Crippen LogP contribution < -0.4 is 0 Å². The zero-order valence-corrected chi connectivity index (χ0v) is 75.9. The molecule has 4 rings (SSSR count). The third-order valence-corrected chi connectivity index (χ3v) is 23.3. The van der Waals surface area contributed by atoms with Crippen LogP contribution in [0.4, 0.5) is 35.1 Å². The van der Waals surface area contributed by atoms with Crippen LogP contribution in [0.15, 0.2) is 24.3 Å². The van der Waals surface area contributed by atoms with E-state index < -0.39 is 65.3 Å². The summed E-state index contributed by atoms with van der Waals surface area (Å²) >= 11 is 0. The number of rotatable bonds is 64. The number of unbranched alkanes of at least 4 members (excludes halogenated alkanes) is 20.